The molecule has 64 heavy (non-hydrogen) atoms. The molecule has 8 atom stereocenters. The Morgan fingerprint density at radius 1 is 0.766 bits per heavy atom. The van der Waals surface area contributed by atoms with Crippen molar-refractivity contribution in [3.8, 4) is 0 Å². The van der Waals surface area contributed by atoms with Crippen molar-refractivity contribution >= 4 is 52.9 Å². The minimum atomic E-state index is -1.17. The molecule has 2 N–H and O–H groups in total. The van der Waals surface area contributed by atoms with Gasteiger partial charge in [-0.15, -0.1) is 11.8 Å². The number of nitro groups is 3. The molecule has 0 spiro atoms. The maximum atomic E-state index is 13.9. The number of hydrogen-bond donors (Lipinski definition) is 2. The van der Waals surface area contributed by atoms with Gasteiger partial charge in [-0.3, -0.25) is 35.1 Å². The molecular formula is C42H44N6O15S. The third-order valence-electron chi connectivity index (χ3n) is 12.0. The molecule has 3 aromatic carbocycles. The zero-order valence-corrected chi connectivity index (χ0v) is 35.3. The predicted octanol–water partition coefficient (Wildman–Crippen LogP) is 5.06. The third kappa shape index (κ3) is 9.48. The number of hydrogen-bond acceptors (Lipinski definition) is 16. The van der Waals surface area contributed by atoms with Crippen molar-refractivity contribution in [1.82, 2.24) is 14.7 Å². The summed E-state index contributed by atoms with van der Waals surface area (Å²) in [4.78, 5) is 90.6. The van der Waals surface area contributed by atoms with Crippen LogP contribution in [0, 0.1) is 48.1 Å². The Hall–Kier alpha value is -6.65. The quantitative estimate of drug-likeness (QED) is 0.0663. The molecule has 4 heterocycles. The van der Waals surface area contributed by atoms with Crippen LogP contribution in [-0.2, 0) is 43.6 Å². The smallest absolute Gasteiger partial charge is 0.410 e. The number of amides is 3. The average molecular weight is 905 g/mol. The van der Waals surface area contributed by atoms with Crippen molar-refractivity contribution in [3.05, 3.63) is 130 Å². The van der Waals surface area contributed by atoms with E-state index < -0.39 is 86.1 Å². The molecule has 0 bridgehead atoms. The van der Waals surface area contributed by atoms with E-state index in [-0.39, 0.29) is 68.6 Å². The lowest BCUT2D eigenvalue weighted by Gasteiger charge is -2.46. The van der Waals surface area contributed by atoms with Crippen LogP contribution in [0.5, 0.6) is 0 Å². The van der Waals surface area contributed by atoms with Crippen molar-refractivity contribution in [2.75, 3.05) is 19.6 Å². The van der Waals surface area contributed by atoms with Gasteiger partial charge in [-0.25, -0.2) is 14.4 Å². The van der Waals surface area contributed by atoms with Crippen LogP contribution in [0.25, 0.3) is 0 Å². The van der Waals surface area contributed by atoms with Crippen LogP contribution in [0.15, 0.2) is 83.4 Å². The molecule has 22 heteroatoms. The number of β-lactam (4-membered cyclic amide) rings is 1. The molecule has 2 unspecified atom stereocenters. The van der Waals surface area contributed by atoms with Crippen LogP contribution in [0.3, 0.4) is 0 Å². The van der Waals surface area contributed by atoms with E-state index in [1.54, 1.807) is 0 Å². The first kappa shape index (κ1) is 45.4. The lowest BCUT2D eigenvalue weighted by molar-refractivity contribution is -0.385. The Kier molecular flexibility index (Phi) is 13.5. The fourth-order valence-corrected chi connectivity index (χ4v) is 10.2. The van der Waals surface area contributed by atoms with E-state index in [1.165, 1.54) is 106 Å². The Labute approximate surface area is 369 Å². The summed E-state index contributed by atoms with van der Waals surface area (Å²) in [6.45, 7) is 3.04. The Balaban J connectivity index is 1.08. The number of carbonyl (C=O) groups is 4. The number of aliphatic hydroxyl groups excluding tert-OH is 2. The highest BCUT2D eigenvalue weighted by molar-refractivity contribution is 8.03. The fourth-order valence-electron chi connectivity index (χ4n) is 8.66. The summed E-state index contributed by atoms with van der Waals surface area (Å²) in [7, 11) is 0. The van der Waals surface area contributed by atoms with Gasteiger partial charge in [0.2, 0.25) is 5.91 Å². The van der Waals surface area contributed by atoms with Crippen molar-refractivity contribution in [1.29, 1.82) is 0 Å². The largest absolute Gasteiger partial charge is 0.456 e. The first-order chi connectivity index (χ1) is 30.5. The predicted molar refractivity (Wildman–Crippen MR) is 224 cm³/mol. The van der Waals surface area contributed by atoms with E-state index >= 15 is 0 Å². The molecule has 0 aromatic heterocycles. The van der Waals surface area contributed by atoms with Crippen molar-refractivity contribution in [2.45, 2.75) is 76.1 Å². The zero-order valence-electron chi connectivity index (χ0n) is 34.5. The van der Waals surface area contributed by atoms with E-state index in [1.807, 2.05) is 6.92 Å². The molecule has 21 nitrogen and oxygen atoms in total. The van der Waals surface area contributed by atoms with Crippen LogP contribution >= 0.6 is 11.8 Å². The minimum absolute atomic E-state index is 0.0127. The highest BCUT2D eigenvalue weighted by Crippen LogP contribution is 2.53. The van der Waals surface area contributed by atoms with Crippen molar-refractivity contribution in [2.24, 2.45) is 17.8 Å². The summed E-state index contributed by atoms with van der Waals surface area (Å²) in [6, 6.07) is 15.1. The number of likely N-dealkylation sites (tertiary alicyclic amines) is 2. The summed E-state index contributed by atoms with van der Waals surface area (Å²) in [5.41, 5.74) is 1.07. The molecule has 3 saturated heterocycles. The maximum absolute atomic E-state index is 13.9. The van der Waals surface area contributed by atoms with Crippen LogP contribution in [0.1, 0.15) is 43.4 Å². The topological polar surface area (TPSA) is 276 Å². The number of nitro benzene ring substituents is 3. The second-order valence-corrected chi connectivity index (χ2v) is 17.4. The average Bonchev–Trinajstić information content (AvgIpc) is 4.00. The summed E-state index contributed by atoms with van der Waals surface area (Å²) in [5.74, 6) is -3.03. The monoisotopic (exact) mass is 904 g/mol. The SMILES string of the molecule is C[C@@H](O)[C@H]1C(=O)N2C(C(=O)OCc3ccc([N+](=O)[O-])cc3)=C(S[C@H]3C[C@@H](C(O)C4CCN(C(=O)OCc5ccc([N+](=O)[O-])cc5)C4)N(C(=O)OCc4ccc([N+](=O)[O-])cc4)C3)[C@H](C)[C@H]12. The van der Waals surface area contributed by atoms with Gasteiger partial charge in [0, 0.05) is 78.0 Å². The number of rotatable bonds is 15. The third-order valence-corrected chi connectivity index (χ3v) is 13.5. The Morgan fingerprint density at radius 3 is 1.73 bits per heavy atom. The molecular weight excluding hydrogens is 861 g/mol. The van der Waals surface area contributed by atoms with Gasteiger partial charge in [-0.2, -0.15) is 0 Å². The van der Waals surface area contributed by atoms with E-state index in [2.05, 4.69) is 0 Å². The molecule has 7 rings (SSSR count). The van der Waals surface area contributed by atoms with E-state index in [9.17, 15) is 59.7 Å². The lowest BCUT2D eigenvalue weighted by atomic mass is 9.79. The number of benzene rings is 3. The highest BCUT2D eigenvalue weighted by Gasteiger charge is 2.61. The Morgan fingerprint density at radius 2 is 1.25 bits per heavy atom. The summed E-state index contributed by atoms with van der Waals surface area (Å²) in [5, 5.41) is 55.3. The van der Waals surface area contributed by atoms with Gasteiger partial charge in [0.1, 0.15) is 25.5 Å². The number of nitrogens with zero attached hydrogens (tertiary/aromatic N) is 6. The number of thioether (sulfide) groups is 1. The summed E-state index contributed by atoms with van der Waals surface area (Å²) < 4.78 is 16.8. The number of non-ortho nitro benzene ring substituents is 3. The van der Waals surface area contributed by atoms with Gasteiger partial charge in [0.15, 0.2) is 0 Å². The lowest BCUT2D eigenvalue weighted by Crippen LogP contribution is -2.63. The van der Waals surface area contributed by atoms with Crippen LogP contribution in [0.4, 0.5) is 26.7 Å². The van der Waals surface area contributed by atoms with Gasteiger partial charge in [-0.05, 0) is 72.9 Å². The first-order valence-electron chi connectivity index (χ1n) is 20.3. The molecule has 4 aliphatic rings. The molecule has 4 aliphatic heterocycles. The van der Waals surface area contributed by atoms with Crippen LogP contribution in [0.2, 0.25) is 0 Å². The number of fused-ring (bicyclic) bond motifs is 1. The van der Waals surface area contributed by atoms with Gasteiger partial charge >= 0.3 is 18.2 Å². The Bertz CT molecular complexity index is 2350. The van der Waals surface area contributed by atoms with E-state index in [0.29, 0.717) is 28.0 Å². The second kappa shape index (κ2) is 19.0. The zero-order chi connectivity index (χ0) is 46.0. The second-order valence-electron chi connectivity index (χ2n) is 16.1. The molecule has 3 fully saturated rings. The van der Waals surface area contributed by atoms with Crippen LogP contribution in [-0.4, -0.2) is 113 Å². The van der Waals surface area contributed by atoms with Crippen LogP contribution < -0.4 is 0 Å². The van der Waals surface area contributed by atoms with Crippen molar-refractivity contribution < 1.29 is 58.4 Å². The van der Waals surface area contributed by atoms with E-state index in [0.717, 1.165) is 0 Å². The molecule has 338 valence electrons. The highest BCUT2D eigenvalue weighted by atomic mass is 32.2. The minimum Gasteiger partial charge on any atom is -0.456 e. The molecule has 0 aliphatic carbocycles. The molecule has 3 aromatic rings. The van der Waals surface area contributed by atoms with Gasteiger partial charge in [-0.1, -0.05) is 6.92 Å². The molecule has 3 amide bonds. The normalized spacial score (nSPS) is 23.6. The number of aliphatic hydroxyl groups is 2. The van der Waals surface area contributed by atoms with E-state index in [4.69, 9.17) is 14.2 Å². The standard InChI is InChI=1S/C42H44N6O15S/c1-23-35-34(24(2)49)39(51)45(35)36(40(52)61-20-25-3-9-29(10-4-25)46(55)56)38(23)64-32-17-33(44(19-32)42(54)63-22-27-7-13-31(14-8-27)48(59)60)37(50)28-15-16-43(18-28)41(53)62-21-26-5-11-30(12-6-26)47(57)58/h3-14,23-24,28,32-35,37,49-50H,15-22H2,1-2H3/t23-,24-,28?,32+,33+,34-,35-,37?/m1/s1. The number of ether oxygens (including phenoxy) is 3. The maximum Gasteiger partial charge on any atom is 0.410 e. The number of esters is 1. The van der Waals surface area contributed by atoms with Gasteiger partial charge < -0.3 is 39.1 Å². The molecule has 0 saturated carbocycles. The van der Waals surface area contributed by atoms with Gasteiger partial charge in [0.25, 0.3) is 17.1 Å². The first-order valence-corrected chi connectivity index (χ1v) is 21.2. The number of carbonyl (C=O) groups excluding carboxylic acids is 4. The van der Waals surface area contributed by atoms with Gasteiger partial charge in [0.05, 0.1) is 45.0 Å². The van der Waals surface area contributed by atoms with Crippen molar-refractivity contribution in [3.63, 3.8) is 0 Å². The fraction of sp³-hybridized carbons (Fsp3) is 0.429. The summed E-state index contributed by atoms with van der Waals surface area (Å²) in [6.07, 6.45) is -3.08. The summed E-state index contributed by atoms with van der Waals surface area (Å²) >= 11 is 1.25. The molecule has 0 radical (unpaired) electrons.